The molecule has 0 fully saturated rings. The fourth-order valence-corrected chi connectivity index (χ4v) is 1.52. The largest absolute Gasteiger partial charge is 0.493 e. The van der Waals surface area contributed by atoms with Crippen LogP contribution in [0.25, 0.3) is 0 Å². The minimum atomic E-state index is -0.322. The van der Waals surface area contributed by atoms with E-state index in [9.17, 15) is 4.79 Å². The molecule has 106 valence electrons. The zero-order chi connectivity index (χ0) is 14.1. The lowest BCUT2D eigenvalue weighted by Crippen LogP contribution is -2.07. The van der Waals surface area contributed by atoms with Gasteiger partial charge in [-0.25, -0.2) is 4.79 Å². The summed E-state index contributed by atoms with van der Waals surface area (Å²) in [6, 6.07) is 5.08. The summed E-state index contributed by atoms with van der Waals surface area (Å²) >= 11 is 0. The molecule has 0 unspecified atom stereocenters. The molecule has 4 heteroatoms. The van der Waals surface area contributed by atoms with Gasteiger partial charge in [0.05, 0.1) is 25.9 Å². The number of carbonyl (C=O) groups is 1. The van der Waals surface area contributed by atoms with Gasteiger partial charge in [0.25, 0.3) is 0 Å². The Balaban J connectivity index is 2.75. The van der Waals surface area contributed by atoms with Crippen LogP contribution >= 0.6 is 0 Å². The van der Waals surface area contributed by atoms with Crippen molar-refractivity contribution in [3.05, 3.63) is 23.8 Å². The van der Waals surface area contributed by atoms with Gasteiger partial charge in [-0.3, -0.25) is 0 Å². The van der Waals surface area contributed by atoms with E-state index in [1.807, 2.05) is 6.92 Å². The Bertz CT molecular complexity index is 401. The smallest absolute Gasteiger partial charge is 0.338 e. The molecule has 0 heterocycles. The number of rotatable bonds is 8. The van der Waals surface area contributed by atoms with Crippen molar-refractivity contribution < 1.29 is 19.0 Å². The van der Waals surface area contributed by atoms with Crippen LogP contribution in [0.3, 0.4) is 0 Å². The lowest BCUT2D eigenvalue weighted by molar-refractivity contribution is 0.0499. The molecule has 0 atom stereocenters. The van der Waals surface area contributed by atoms with Crippen molar-refractivity contribution in [1.29, 1.82) is 0 Å². The zero-order valence-corrected chi connectivity index (χ0v) is 11.9. The number of carbonyl (C=O) groups excluding carboxylic acids is 1. The summed E-state index contributed by atoms with van der Waals surface area (Å²) in [7, 11) is 1.58. The van der Waals surface area contributed by atoms with Gasteiger partial charge in [-0.2, -0.15) is 0 Å². The van der Waals surface area contributed by atoms with Crippen LogP contribution in [0.2, 0.25) is 0 Å². The maximum absolute atomic E-state index is 11.8. The first-order chi connectivity index (χ1) is 9.22. The number of ether oxygens (including phenoxy) is 3. The van der Waals surface area contributed by atoms with E-state index in [0.717, 1.165) is 19.3 Å². The van der Waals surface area contributed by atoms with Crippen molar-refractivity contribution in [2.45, 2.75) is 33.1 Å². The maximum atomic E-state index is 11.8. The molecule has 1 aromatic rings. The predicted octanol–water partition coefficient (Wildman–Crippen LogP) is 3.44. The SMILES string of the molecule is CCCCOC(=O)c1ccc(OC)c(OCCC)c1. The molecule has 0 saturated heterocycles. The minimum absolute atomic E-state index is 0.322. The molecule has 1 aromatic carbocycles. The summed E-state index contributed by atoms with van der Waals surface area (Å²) < 4.78 is 15.9. The molecule has 0 aliphatic heterocycles. The first kappa shape index (κ1) is 15.3. The molecule has 0 saturated carbocycles. The summed E-state index contributed by atoms with van der Waals surface area (Å²) in [6.45, 7) is 5.12. The van der Waals surface area contributed by atoms with E-state index in [1.165, 1.54) is 0 Å². The summed E-state index contributed by atoms with van der Waals surface area (Å²) in [5.74, 6) is 0.880. The van der Waals surface area contributed by atoms with Gasteiger partial charge in [0.1, 0.15) is 0 Å². The Labute approximate surface area is 114 Å². The third kappa shape index (κ3) is 4.81. The lowest BCUT2D eigenvalue weighted by atomic mass is 10.2. The highest BCUT2D eigenvalue weighted by Crippen LogP contribution is 2.28. The van der Waals surface area contributed by atoms with E-state index in [2.05, 4.69) is 6.92 Å². The Morgan fingerprint density at radius 2 is 1.89 bits per heavy atom. The molecule has 19 heavy (non-hydrogen) atoms. The quantitative estimate of drug-likeness (QED) is 0.534. The molecule has 0 spiro atoms. The second kappa shape index (κ2) is 8.40. The van der Waals surface area contributed by atoms with Gasteiger partial charge in [0.15, 0.2) is 11.5 Å². The van der Waals surface area contributed by atoms with Gasteiger partial charge >= 0.3 is 5.97 Å². The Morgan fingerprint density at radius 1 is 1.11 bits per heavy atom. The fourth-order valence-electron chi connectivity index (χ4n) is 1.52. The van der Waals surface area contributed by atoms with E-state index in [-0.39, 0.29) is 5.97 Å². The summed E-state index contributed by atoms with van der Waals surface area (Å²) in [6.07, 6.45) is 2.77. The van der Waals surface area contributed by atoms with Crippen LogP contribution in [0.5, 0.6) is 11.5 Å². The van der Waals surface area contributed by atoms with Crippen LogP contribution in [0.15, 0.2) is 18.2 Å². The molecule has 0 aliphatic carbocycles. The molecular weight excluding hydrogens is 244 g/mol. The second-order valence-corrected chi connectivity index (χ2v) is 4.20. The van der Waals surface area contributed by atoms with Gasteiger partial charge in [0.2, 0.25) is 0 Å². The third-order valence-corrected chi connectivity index (χ3v) is 2.59. The van der Waals surface area contributed by atoms with Crippen LogP contribution in [0.4, 0.5) is 0 Å². The molecular formula is C15H22O4. The fraction of sp³-hybridized carbons (Fsp3) is 0.533. The molecule has 0 amide bonds. The van der Waals surface area contributed by atoms with E-state index in [4.69, 9.17) is 14.2 Å². The lowest BCUT2D eigenvalue weighted by Gasteiger charge is -2.11. The van der Waals surface area contributed by atoms with Gasteiger partial charge in [-0.1, -0.05) is 20.3 Å². The van der Waals surface area contributed by atoms with E-state index in [1.54, 1.807) is 25.3 Å². The van der Waals surface area contributed by atoms with Gasteiger partial charge in [0, 0.05) is 0 Å². The zero-order valence-electron chi connectivity index (χ0n) is 11.9. The molecule has 0 bridgehead atoms. The van der Waals surface area contributed by atoms with Crippen molar-refractivity contribution in [3.8, 4) is 11.5 Å². The maximum Gasteiger partial charge on any atom is 0.338 e. The van der Waals surface area contributed by atoms with Crippen LogP contribution in [0, 0.1) is 0 Å². The second-order valence-electron chi connectivity index (χ2n) is 4.20. The first-order valence-electron chi connectivity index (χ1n) is 6.70. The van der Waals surface area contributed by atoms with Gasteiger partial charge in [-0.15, -0.1) is 0 Å². The molecule has 0 aromatic heterocycles. The highest BCUT2D eigenvalue weighted by atomic mass is 16.5. The summed E-state index contributed by atoms with van der Waals surface area (Å²) in [4.78, 5) is 11.8. The molecule has 0 N–H and O–H groups in total. The minimum Gasteiger partial charge on any atom is -0.493 e. The standard InChI is InChI=1S/C15H22O4/c1-4-6-10-19-15(16)12-7-8-13(17-3)14(11-12)18-9-5-2/h7-8,11H,4-6,9-10H2,1-3H3. The van der Waals surface area contributed by atoms with E-state index < -0.39 is 0 Å². The molecule has 4 nitrogen and oxygen atoms in total. The Morgan fingerprint density at radius 3 is 2.53 bits per heavy atom. The topological polar surface area (TPSA) is 44.8 Å². The molecule has 1 rings (SSSR count). The average molecular weight is 266 g/mol. The van der Waals surface area contributed by atoms with Crippen LogP contribution in [-0.2, 0) is 4.74 Å². The predicted molar refractivity (Wildman–Crippen MR) is 74.0 cm³/mol. The summed E-state index contributed by atoms with van der Waals surface area (Å²) in [5, 5.41) is 0. The number of hydrogen-bond donors (Lipinski definition) is 0. The number of unbranched alkanes of at least 4 members (excludes halogenated alkanes) is 1. The van der Waals surface area contributed by atoms with Gasteiger partial charge < -0.3 is 14.2 Å². The number of esters is 1. The number of benzene rings is 1. The van der Waals surface area contributed by atoms with Crippen LogP contribution in [-0.4, -0.2) is 26.3 Å². The summed E-state index contributed by atoms with van der Waals surface area (Å²) in [5.41, 5.74) is 0.489. The Kier molecular flexibility index (Phi) is 6.79. The van der Waals surface area contributed by atoms with Crippen molar-refractivity contribution in [2.24, 2.45) is 0 Å². The normalized spacial score (nSPS) is 10.1. The molecule has 0 aliphatic rings. The molecule has 0 radical (unpaired) electrons. The highest BCUT2D eigenvalue weighted by molar-refractivity contribution is 5.90. The van der Waals surface area contributed by atoms with Crippen molar-refractivity contribution in [1.82, 2.24) is 0 Å². The first-order valence-corrected chi connectivity index (χ1v) is 6.70. The van der Waals surface area contributed by atoms with Crippen molar-refractivity contribution in [3.63, 3.8) is 0 Å². The van der Waals surface area contributed by atoms with Gasteiger partial charge in [-0.05, 0) is 31.0 Å². The van der Waals surface area contributed by atoms with Crippen LogP contribution < -0.4 is 9.47 Å². The third-order valence-electron chi connectivity index (χ3n) is 2.59. The van der Waals surface area contributed by atoms with Crippen LogP contribution in [0.1, 0.15) is 43.5 Å². The Hall–Kier alpha value is -1.71. The highest BCUT2D eigenvalue weighted by Gasteiger charge is 2.12. The average Bonchev–Trinajstić information content (AvgIpc) is 2.44. The van der Waals surface area contributed by atoms with E-state index >= 15 is 0 Å². The number of hydrogen-bond acceptors (Lipinski definition) is 4. The monoisotopic (exact) mass is 266 g/mol. The number of methoxy groups -OCH3 is 1. The van der Waals surface area contributed by atoms with E-state index in [0.29, 0.717) is 30.3 Å². The van der Waals surface area contributed by atoms with Crippen molar-refractivity contribution in [2.75, 3.05) is 20.3 Å². The van der Waals surface area contributed by atoms with Crippen molar-refractivity contribution >= 4 is 5.97 Å².